The van der Waals surface area contributed by atoms with E-state index in [2.05, 4.69) is 29.6 Å². The number of esters is 1. The maximum Gasteiger partial charge on any atom is 0.407 e. The third-order valence-corrected chi connectivity index (χ3v) is 5.31. The highest BCUT2D eigenvalue weighted by atomic mass is 32.1. The lowest BCUT2D eigenvalue weighted by Crippen LogP contribution is -2.32. The fraction of sp³-hybridized carbons (Fsp3) is 0.440. The fourth-order valence-electron chi connectivity index (χ4n) is 3.85. The summed E-state index contributed by atoms with van der Waals surface area (Å²) < 4.78 is 10.8. The molecule has 1 amide bonds. The predicted molar refractivity (Wildman–Crippen MR) is 129 cm³/mol. The summed E-state index contributed by atoms with van der Waals surface area (Å²) in [6, 6.07) is 16.3. The van der Waals surface area contributed by atoms with Gasteiger partial charge in [0, 0.05) is 31.4 Å². The minimum absolute atomic E-state index is 0. The normalized spacial score (nSPS) is 13.4. The van der Waals surface area contributed by atoms with Gasteiger partial charge in [0.2, 0.25) is 0 Å². The number of alkyl carbamates (subject to hydrolysis) is 1. The number of nitrogens with one attached hydrogen (secondary N) is 1. The van der Waals surface area contributed by atoms with E-state index in [0.29, 0.717) is 6.42 Å². The zero-order valence-electron chi connectivity index (χ0n) is 18.9. The van der Waals surface area contributed by atoms with Crippen molar-refractivity contribution >= 4 is 25.6 Å². The van der Waals surface area contributed by atoms with Crippen molar-refractivity contribution in [3.8, 4) is 11.1 Å². The molecule has 0 fully saturated rings. The van der Waals surface area contributed by atoms with Crippen molar-refractivity contribution in [1.82, 2.24) is 5.32 Å². The molecule has 2 aromatic carbocycles. The van der Waals surface area contributed by atoms with Crippen LogP contribution in [0.3, 0.4) is 0 Å². The zero-order chi connectivity index (χ0) is 22.4. The van der Waals surface area contributed by atoms with Crippen molar-refractivity contribution in [2.45, 2.75) is 45.1 Å². The topological polar surface area (TPSA) is 84.9 Å². The van der Waals surface area contributed by atoms with Gasteiger partial charge in [-0.25, -0.2) is 4.79 Å². The molecule has 2 N–H and O–H groups in total. The van der Waals surface area contributed by atoms with Crippen molar-refractivity contribution < 1.29 is 24.2 Å². The van der Waals surface area contributed by atoms with Crippen molar-refractivity contribution in [3.05, 3.63) is 59.7 Å². The van der Waals surface area contributed by atoms with E-state index in [1.165, 1.54) is 11.1 Å². The molecule has 0 aromatic heterocycles. The molecule has 0 radical (unpaired) electrons. The van der Waals surface area contributed by atoms with Crippen LogP contribution >= 0.6 is 13.5 Å². The van der Waals surface area contributed by atoms with Crippen LogP contribution in [0.2, 0.25) is 0 Å². The lowest BCUT2D eigenvalue weighted by Gasteiger charge is -2.21. The van der Waals surface area contributed by atoms with Gasteiger partial charge in [0.25, 0.3) is 0 Å². The summed E-state index contributed by atoms with van der Waals surface area (Å²) in [6.07, 6.45) is 0.0850. The second kappa shape index (κ2) is 11.4. The third-order valence-electron chi connectivity index (χ3n) is 5.31. The standard InChI is InChI=1S/C25H31NO5.H2S/c1-25(2,3)31-23(28)13-12-17(15-27)14-26-24(29)30-16-22-20-10-6-4-8-18(20)19-9-5-7-11-21(19)22;/h4-11,17,22,27H,12-16H2,1-3H3,(H,26,29);1H2/t17-;/m0./s1. The van der Waals surface area contributed by atoms with E-state index in [9.17, 15) is 14.7 Å². The molecule has 0 unspecified atom stereocenters. The van der Waals surface area contributed by atoms with Crippen LogP contribution in [0.1, 0.15) is 50.7 Å². The second-order valence-electron chi connectivity index (χ2n) is 8.88. The number of amides is 1. The second-order valence-corrected chi connectivity index (χ2v) is 8.88. The lowest BCUT2D eigenvalue weighted by molar-refractivity contribution is -0.155. The summed E-state index contributed by atoms with van der Waals surface area (Å²) in [5, 5.41) is 12.3. The van der Waals surface area contributed by atoms with E-state index in [0.717, 1.165) is 11.1 Å². The van der Waals surface area contributed by atoms with Crippen molar-refractivity contribution in [3.63, 3.8) is 0 Å². The average molecular weight is 460 g/mol. The number of carbonyl (C=O) groups is 2. The van der Waals surface area contributed by atoms with Gasteiger partial charge in [0.1, 0.15) is 12.2 Å². The maximum atomic E-state index is 12.3. The summed E-state index contributed by atoms with van der Waals surface area (Å²) in [4.78, 5) is 24.1. The van der Waals surface area contributed by atoms with Gasteiger partial charge < -0.3 is 19.9 Å². The highest BCUT2D eigenvalue weighted by Gasteiger charge is 2.29. The number of rotatable bonds is 8. The molecular weight excluding hydrogens is 426 g/mol. The van der Waals surface area contributed by atoms with Crippen LogP contribution in [0.4, 0.5) is 4.79 Å². The van der Waals surface area contributed by atoms with E-state index in [4.69, 9.17) is 9.47 Å². The molecule has 0 saturated carbocycles. The Morgan fingerprint density at radius 1 is 1.03 bits per heavy atom. The molecule has 1 atom stereocenters. The van der Waals surface area contributed by atoms with Crippen LogP contribution in [0.5, 0.6) is 0 Å². The number of aliphatic hydroxyl groups excluding tert-OH is 1. The number of hydrogen-bond acceptors (Lipinski definition) is 5. The van der Waals surface area contributed by atoms with Gasteiger partial charge in [-0.15, -0.1) is 0 Å². The first kappa shape index (κ1) is 25.7. The Balaban J connectivity index is 0.00000363. The van der Waals surface area contributed by atoms with E-state index in [-0.39, 0.29) is 57.5 Å². The lowest BCUT2D eigenvalue weighted by atomic mass is 9.98. The maximum absolute atomic E-state index is 12.3. The molecule has 0 bridgehead atoms. The number of benzene rings is 2. The van der Waals surface area contributed by atoms with Gasteiger partial charge in [-0.1, -0.05) is 48.5 Å². The van der Waals surface area contributed by atoms with E-state index >= 15 is 0 Å². The Morgan fingerprint density at radius 2 is 1.59 bits per heavy atom. The first-order valence-corrected chi connectivity index (χ1v) is 10.7. The Hall–Kier alpha value is -2.51. The molecule has 7 heteroatoms. The number of carbonyl (C=O) groups excluding carboxylic acids is 2. The molecule has 3 rings (SSSR count). The monoisotopic (exact) mass is 459 g/mol. The zero-order valence-corrected chi connectivity index (χ0v) is 19.9. The predicted octanol–water partition coefficient (Wildman–Crippen LogP) is 4.37. The van der Waals surface area contributed by atoms with E-state index in [1.54, 1.807) is 0 Å². The van der Waals surface area contributed by atoms with Gasteiger partial charge in [-0.05, 0) is 49.4 Å². The summed E-state index contributed by atoms with van der Waals surface area (Å²) in [5.74, 6) is -0.556. The molecular formula is C25H33NO5S. The summed E-state index contributed by atoms with van der Waals surface area (Å²) in [6.45, 7) is 5.78. The quantitative estimate of drug-likeness (QED) is 0.573. The van der Waals surface area contributed by atoms with Crippen molar-refractivity contribution in [2.75, 3.05) is 19.8 Å². The summed E-state index contributed by atoms with van der Waals surface area (Å²) in [5.41, 5.74) is 4.12. The molecule has 0 aliphatic heterocycles. The smallest absolute Gasteiger partial charge is 0.407 e. The van der Waals surface area contributed by atoms with Gasteiger partial charge in [0.05, 0.1) is 0 Å². The molecule has 1 aliphatic rings. The first-order valence-electron chi connectivity index (χ1n) is 10.7. The Kier molecular flexibility index (Phi) is 9.16. The Labute approximate surface area is 196 Å². The molecule has 6 nitrogen and oxygen atoms in total. The number of aliphatic hydroxyl groups is 1. The first-order chi connectivity index (χ1) is 14.8. The van der Waals surface area contributed by atoms with Gasteiger partial charge in [0.15, 0.2) is 0 Å². The summed E-state index contributed by atoms with van der Waals surface area (Å²) >= 11 is 0. The highest BCUT2D eigenvalue weighted by Crippen LogP contribution is 2.44. The van der Waals surface area contributed by atoms with Gasteiger partial charge in [-0.2, -0.15) is 13.5 Å². The average Bonchev–Trinajstić information content (AvgIpc) is 3.05. The van der Waals surface area contributed by atoms with Gasteiger partial charge >= 0.3 is 12.1 Å². The largest absolute Gasteiger partial charge is 0.460 e. The number of fused-ring (bicyclic) bond motifs is 3. The molecule has 0 saturated heterocycles. The fourth-order valence-corrected chi connectivity index (χ4v) is 3.85. The van der Waals surface area contributed by atoms with E-state index < -0.39 is 11.7 Å². The van der Waals surface area contributed by atoms with E-state index in [1.807, 2.05) is 45.0 Å². The molecule has 1 aliphatic carbocycles. The Morgan fingerprint density at radius 3 is 2.12 bits per heavy atom. The SMILES string of the molecule is CC(C)(C)OC(=O)CC[C@H](CO)CNC(=O)OCC1c2ccccc2-c2ccccc21.S. The van der Waals surface area contributed by atoms with Crippen LogP contribution in [-0.2, 0) is 14.3 Å². The highest BCUT2D eigenvalue weighted by molar-refractivity contribution is 7.59. The van der Waals surface area contributed by atoms with Crippen LogP contribution in [0.25, 0.3) is 11.1 Å². The van der Waals surface area contributed by atoms with Crippen molar-refractivity contribution in [2.24, 2.45) is 5.92 Å². The molecule has 0 spiro atoms. The molecule has 174 valence electrons. The minimum atomic E-state index is -0.536. The molecule has 2 aromatic rings. The van der Waals surface area contributed by atoms with Crippen molar-refractivity contribution in [1.29, 1.82) is 0 Å². The molecule has 32 heavy (non-hydrogen) atoms. The Bertz CT molecular complexity index is 879. The minimum Gasteiger partial charge on any atom is -0.460 e. The van der Waals surface area contributed by atoms with Crippen LogP contribution in [-0.4, -0.2) is 42.5 Å². The third kappa shape index (κ3) is 6.74. The number of ether oxygens (including phenoxy) is 2. The summed E-state index contributed by atoms with van der Waals surface area (Å²) in [7, 11) is 0. The van der Waals surface area contributed by atoms with Crippen LogP contribution in [0, 0.1) is 5.92 Å². The number of hydrogen-bond donors (Lipinski definition) is 2. The van der Waals surface area contributed by atoms with Crippen LogP contribution < -0.4 is 5.32 Å². The van der Waals surface area contributed by atoms with Gasteiger partial charge in [-0.3, -0.25) is 4.79 Å². The molecule has 0 heterocycles. The van der Waals surface area contributed by atoms with Crippen LogP contribution in [0.15, 0.2) is 48.5 Å².